The molecule has 1 saturated heterocycles. The fourth-order valence-corrected chi connectivity index (χ4v) is 3.52. The Kier molecular flexibility index (Phi) is 5.14. The summed E-state index contributed by atoms with van der Waals surface area (Å²) in [5.41, 5.74) is 0.450. The summed E-state index contributed by atoms with van der Waals surface area (Å²) in [5.74, 6) is -1.00. The molecule has 10 heteroatoms. The Hall–Kier alpha value is -2.23. The lowest BCUT2D eigenvalue weighted by atomic mass is 9.98. The first-order valence-electron chi connectivity index (χ1n) is 6.70. The van der Waals surface area contributed by atoms with Gasteiger partial charge < -0.3 is 24.6 Å². The molecular formula is C13H17N3O6S. The second-order valence-electron chi connectivity index (χ2n) is 5.10. The summed E-state index contributed by atoms with van der Waals surface area (Å²) >= 11 is 1.27. The molecule has 1 N–H and O–H groups in total. The van der Waals surface area contributed by atoms with Crippen LogP contribution in [0, 0.1) is 0 Å². The standard InChI is InChI=1S/C13H17N3O6S/c1-15(2)13(20)22-4-7-5-23-11-8(14-6-17)10(18)16(11)9(7)12(19)21-3/h5-6,8-9,11H,4H2,1-3H3,(H,14,17)/t8-,9?,11-/m1/s1. The van der Waals surface area contributed by atoms with Gasteiger partial charge in [0.05, 0.1) is 7.11 Å². The van der Waals surface area contributed by atoms with Crippen molar-refractivity contribution in [3.8, 4) is 0 Å². The predicted octanol–water partition coefficient (Wildman–Crippen LogP) is -0.860. The number of carbonyl (C=O) groups is 4. The van der Waals surface area contributed by atoms with Crippen molar-refractivity contribution < 1.29 is 28.7 Å². The summed E-state index contributed by atoms with van der Waals surface area (Å²) < 4.78 is 9.82. The van der Waals surface area contributed by atoms with E-state index in [0.717, 1.165) is 0 Å². The monoisotopic (exact) mass is 343 g/mol. The van der Waals surface area contributed by atoms with Gasteiger partial charge in [-0.25, -0.2) is 9.59 Å². The van der Waals surface area contributed by atoms with Gasteiger partial charge in [-0.15, -0.1) is 11.8 Å². The van der Waals surface area contributed by atoms with E-state index in [9.17, 15) is 19.2 Å². The van der Waals surface area contributed by atoms with E-state index in [4.69, 9.17) is 9.47 Å². The number of hydrogen-bond donors (Lipinski definition) is 1. The Morgan fingerprint density at radius 2 is 2.17 bits per heavy atom. The SMILES string of the molecule is COC(=O)C1C(COC(=O)N(C)C)=CS[C@@H]2[C@H](NC=O)C(=O)N12. The van der Waals surface area contributed by atoms with Crippen LogP contribution in [0.3, 0.4) is 0 Å². The zero-order valence-electron chi connectivity index (χ0n) is 12.8. The number of hydrogen-bond acceptors (Lipinski definition) is 7. The van der Waals surface area contributed by atoms with Gasteiger partial charge >= 0.3 is 12.1 Å². The maximum Gasteiger partial charge on any atom is 0.409 e. The molecule has 2 rings (SSSR count). The Balaban J connectivity index is 2.16. The molecule has 0 radical (unpaired) electrons. The van der Waals surface area contributed by atoms with E-state index in [-0.39, 0.29) is 17.9 Å². The molecule has 2 aliphatic rings. The average Bonchev–Trinajstić information content (AvgIpc) is 2.55. The molecule has 0 aromatic carbocycles. The highest BCUT2D eigenvalue weighted by atomic mass is 32.2. The Morgan fingerprint density at radius 3 is 2.74 bits per heavy atom. The molecule has 0 aromatic heterocycles. The molecule has 3 amide bonds. The number of rotatable bonds is 5. The number of nitrogens with zero attached hydrogens (tertiary/aromatic N) is 2. The van der Waals surface area contributed by atoms with Gasteiger partial charge in [0, 0.05) is 19.7 Å². The molecule has 0 bridgehead atoms. The van der Waals surface area contributed by atoms with Crippen LogP contribution in [0.5, 0.6) is 0 Å². The number of fused-ring (bicyclic) bond motifs is 1. The second kappa shape index (κ2) is 6.90. The zero-order chi connectivity index (χ0) is 17.1. The van der Waals surface area contributed by atoms with E-state index in [2.05, 4.69) is 5.32 Å². The Morgan fingerprint density at radius 1 is 1.48 bits per heavy atom. The lowest BCUT2D eigenvalue weighted by molar-refractivity contribution is -0.161. The summed E-state index contributed by atoms with van der Waals surface area (Å²) in [7, 11) is 4.29. The first-order valence-corrected chi connectivity index (χ1v) is 7.64. The van der Waals surface area contributed by atoms with Gasteiger partial charge in [0.2, 0.25) is 12.3 Å². The molecule has 2 heterocycles. The van der Waals surface area contributed by atoms with Crippen LogP contribution in [0.4, 0.5) is 4.79 Å². The van der Waals surface area contributed by atoms with Crippen LogP contribution in [-0.2, 0) is 23.9 Å². The van der Waals surface area contributed by atoms with Crippen molar-refractivity contribution in [2.75, 3.05) is 27.8 Å². The van der Waals surface area contributed by atoms with Crippen molar-refractivity contribution in [2.45, 2.75) is 17.5 Å². The number of nitrogens with one attached hydrogen (secondary N) is 1. The summed E-state index contributed by atoms with van der Waals surface area (Å²) in [4.78, 5) is 48.8. The molecule has 0 saturated carbocycles. The fourth-order valence-electron chi connectivity index (χ4n) is 2.30. The third-order valence-electron chi connectivity index (χ3n) is 3.47. The third-order valence-corrected chi connectivity index (χ3v) is 4.68. The van der Waals surface area contributed by atoms with E-state index in [1.165, 1.54) is 42.8 Å². The van der Waals surface area contributed by atoms with Gasteiger partial charge in [-0.05, 0) is 5.41 Å². The molecule has 23 heavy (non-hydrogen) atoms. The van der Waals surface area contributed by atoms with Crippen molar-refractivity contribution in [2.24, 2.45) is 0 Å². The number of esters is 1. The minimum absolute atomic E-state index is 0.133. The molecule has 3 atom stereocenters. The molecule has 9 nitrogen and oxygen atoms in total. The first-order chi connectivity index (χ1) is 10.9. The Bertz CT molecular complexity index is 564. The number of ether oxygens (including phenoxy) is 2. The zero-order valence-corrected chi connectivity index (χ0v) is 13.7. The van der Waals surface area contributed by atoms with Gasteiger partial charge in [-0.1, -0.05) is 0 Å². The predicted molar refractivity (Wildman–Crippen MR) is 80.1 cm³/mol. The van der Waals surface area contributed by atoms with Crippen LogP contribution in [0.1, 0.15) is 0 Å². The smallest absolute Gasteiger partial charge is 0.409 e. The highest BCUT2D eigenvalue weighted by molar-refractivity contribution is 8.02. The van der Waals surface area contributed by atoms with Gasteiger partial charge in [0.25, 0.3) is 0 Å². The lowest BCUT2D eigenvalue weighted by Crippen LogP contribution is -2.73. The number of carbonyl (C=O) groups excluding carboxylic acids is 4. The quantitative estimate of drug-likeness (QED) is 0.393. The topological polar surface area (TPSA) is 105 Å². The van der Waals surface area contributed by atoms with E-state index in [1.807, 2.05) is 0 Å². The number of methoxy groups -OCH3 is 1. The highest BCUT2D eigenvalue weighted by Gasteiger charge is 2.55. The summed E-state index contributed by atoms with van der Waals surface area (Å²) in [5, 5.41) is 3.70. The van der Waals surface area contributed by atoms with Crippen LogP contribution in [0.2, 0.25) is 0 Å². The largest absolute Gasteiger partial charge is 0.467 e. The van der Waals surface area contributed by atoms with E-state index < -0.39 is 24.1 Å². The number of β-lactam (4-membered cyclic amide) rings is 1. The number of thioether (sulfide) groups is 1. The molecule has 1 fully saturated rings. The summed E-state index contributed by atoms with van der Waals surface area (Å²) in [6.45, 7) is -0.133. The lowest BCUT2D eigenvalue weighted by Gasteiger charge is -2.51. The molecule has 1 unspecified atom stereocenters. The normalized spacial score (nSPS) is 25.5. The third kappa shape index (κ3) is 3.11. The Labute approximate surface area is 136 Å². The van der Waals surface area contributed by atoms with Gasteiger partial charge in [-0.3, -0.25) is 9.59 Å². The van der Waals surface area contributed by atoms with Crippen molar-refractivity contribution in [3.63, 3.8) is 0 Å². The van der Waals surface area contributed by atoms with Crippen LogP contribution in [0.15, 0.2) is 11.0 Å². The van der Waals surface area contributed by atoms with E-state index >= 15 is 0 Å². The maximum atomic E-state index is 12.1. The maximum absolute atomic E-state index is 12.1. The van der Waals surface area contributed by atoms with Gasteiger partial charge in [0.15, 0.2) is 6.04 Å². The highest BCUT2D eigenvalue weighted by Crippen LogP contribution is 2.40. The average molecular weight is 343 g/mol. The van der Waals surface area contributed by atoms with Crippen LogP contribution < -0.4 is 5.32 Å². The molecule has 126 valence electrons. The van der Waals surface area contributed by atoms with Crippen LogP contribution in [0.25, 0.3) is 0 Å². The summed E-state index contributed by atoms with van der Waals surface area (Å²) in [6.07, 6.45) is -0.108. The van der Waals surface area contributed by atoms with E-state index in [1.54, 1.807) is 5.41 Å². The van der Waals surface area contributed by atoms with Gasteiger partial charge in [-0.2, -0.15) is 0 Å². The van der Waals surface area contributed by atoms with Gasteiger partial charge in [0.1, 0.15) is 18.0 Å². The second-order valence-corrected chi connectivity index (χ2v) is 6.09. The molecule has 0 aliphatic carbocycles. The fraction of sp³-hybridized carbons (Fsp3) is 0.538. The van der Waals surface area contributed by atoms with Crippen molar-refractivity contribution in [3.05, 3.63) is 11.0 Å². The minimum atomic E-state index is -0.960. The molecular weight excluding hydrogens is 326 g/mol. The van der Waals surface area contributed by atoms with Crippen molar-refractivity contribution in [1.82, 2.24) is 15.1 Å². The van der Waals surface area contributed by atoms with Crippen molar-refractivity contribution in [1.29, 1.82) is 0 Å². The molecule has 0 aromatic rings. The van der Waals surface area contributed by atoms with Crippen LogP contribution >= 0.6 is 11.8 Å². The summed E-state index contributed by atoms with van der Waals surface area (Å²) in [6, 6.07) is -1.63. The van der Waals surface area contributed by atoms with Crippen LogP contribution in [-0.4, -0.2) is 79.4 Å². The van der Waals surface area contributed by atoms with Crippen molar-refractivity contribution >= 4 is 36.1 Å². The number of amides is 3. The molecule has 2 aliphatic heterocycles. The minimum Gasteiger partial charge on any atom is -0.467 e. The first kappa shape index (κ1) is 17.1. The molecule has 0 spiro atoms. The van der Waals surface area contributed by atoms with E-state index in [0.29, 0.717) is 12.0 Å².